The maximum absolute atomic E-state index is 14.9. The van der Waals surface area contributed by atoms with E-state index in [1.165, 1.54) is 180 Å². The van der Waals surface area contributed by atoms with Gasteiger partial charge in [-0.05, 0) is 51.4 Å². The molecular weight excluding hydrogens is 1490 g/mol. The zero-order valence-corrected chi connectivity index (χ0v) is 72.0. The SMILES string of the molecule is CCCCCCCC/C=C\CCCCCC(=O)OCC(COP(=O)(O)OC1C(OC2OC(CO)C(O)C(O)C2O)C(O)C(O)C(OC(=O)CCCCCCCCCCCCCCC)C1OC1OC(COC(=O)CCCCCCCCCCCCCCCCCC)C(O)C(O)C1O)OC(=O)CCCCCCCCCCCCCCC. The molecular formula is C88H163O25P. The number of unbranched alkanes of at least 4 members (excludes halogenated alkanes) is 48. The summed E-state index contributed by atoms with van der Waals surface area (Å²) in [6.07, 6.45) is 25.1. The van der Waals surface area contributed by atoms with Crippen LogP contribution >= 0.6 is 7.82 Å². The zero-order valence-electron chi connectivity index (χ0n) is 71.1. The summed E-state index contributed by atoms with van der Waals surface area (Å²) in [6.45, 7) is 5.57. The molecule has 18 atom stereocenters. The lowest BCUT2D eigenvalue weighted by Crippen LogP contribution is -2.70. The van der Waals surface area contributed by atoms with E-state index in [4.69, 9.17) is 46.9 Å². The fourth-order valence-corrected chi connectivity index (χ4v) is 16.2. The van der Waals surface area contributed by atoms with Crippen molar-refractivity contribution in [3.05, 3.63) is 12.2 Å². The number of phosphoric acid groups is 1. The number of carbonyl (C=O) groups is 4. The van der Waals surface area contributed by atoms with E-state index in [1.54, 1.807) is 0 Å². The molecule has 0 aromatic heterocycles. The molecule has 3 fully saturated rings. The highest BCUT2D eigenvalue weighted by Gasteiger charge is 2.60. The molecule has 3 rings (SSSR count). The highest BCUT2D eigenvalue weighted by atomic mass is 31.2. The van der Waals surface area contributed by atoms with Crippen LogP contribution in [0.3, 0.4) is 0 Å². The van der Waals surface area contributed by atoms with Crippen LogP contribution in [0.25, 0.3) is 0 Å². The second-order valence-corrected chi connectivity index (χ2v) is 34.2. The van der Waals surface area contributed by atoms with Gasteiger partial charge in [0.05, 0.1) is 13.2 Å². The molecule has 25 nitrogen and oxygen atoms in total. The summed E-state index contributed by atoms with van der Waals surface area (Å²) in [5.41, 5.74) is 0. The number of carbonyl (C=O) groups excluding carboxylic acids is 4. The lowest BCUT2D eigenvalue weighted by molar-refractivity contribution is -0.360. The lowest BCUT2D eigenvalue weighted by Gasteiger charge is -2.50. The van der Waals surface area contributed by atoms with E-state index in [-0.39, 0.29) is 25.7 Å². The summed E-state index contributed by atoms with van der Waals surface area (Å²) < 4.78 is 73.3. The van der Waals surface area contributed by atoms with Crippen molar-refractivity contribution in [2.24, 2.45) is 0 Å². The van der Waals surface area contributed by atoms with Crippen molar-refractivity contribution in [3.8, 4) is 0 Å². The molecule has 0 radical (unpaired) electrons. The molecule has 0 aromatic carbocycles. The number of allylic oxidation sites excluding steroid dienone is 2. The Kier molecular flexibility index (Phi) is 62.7. The smallest absolute Gasteiger partial charge is 0.463 e. The van der Waals surface area contributed by atoms with Gasteiger partial charge in [0.15, 0.2) is 24.8 Å². The first-order chi connectivity index (χ1) is 55.2. The van der Waals surface area contributed by atoms with Crippen LogP contribution in [0.4, 0.5) is 0 Å². The molecule has 0 aromatic rings. The average Bonchev–Trinajstić information content (AvgIpc) is 0.754. The van der Waals surface area contributed by atoms with Crippen LogP contribution in [0.15, 0.2) is 12.2 Å². The van der Waals surface area contributed by atoms with E-state index in [9.17, 15) is 74.6 Å². The van der Waals surface area contributed by atoms with Crippen LogP contribution in [0.1, 0.15) is 394 Å². The van der Waals surface area contributed by atoms with E-state index in [1.807, 2.05) is 0 Å². The van der Waals surface area contributed by atoms with Crippen molar-refractivity contribution in [2.45, 2.75) is 498 Å². The molecule has 670 valence electrons. The number of hydrogen-bond donors (Lipinski definition) is 10. The maximum atomic E-state index is 14.9. The third-order valence-corrected chi connectivity index (χ3v) is 23.5. The van der Waals surface area contributed by atoms with Crippen molar-refractivity contribution in [2.75, 3.05) is 26.4 Å². The molecule has 0 amide bonds. The quantitative estimate of drug-likeness (QED) is 0.00889. The van der Waals surface area contributed by atoms with Crippen molar-refractivity contribution < 1.29 is 122 Å². The van der Waals surface area contributed by atoms with Crippen LogP contribution in [0.5, 0.6) is 0 Å². The predicted octanol–water partition coefficient (Wildman–Crippen LogP) is 16.4. The summed E-state index contributed by atoms with van der Waals surface area (Å²) in [5.74, 6) is -2.97. The summed E-state index contributed by atoms with van der Waals surface area (Å²) >= 11 is 0. The third-order valence-electron chi connectivity index (χ3n) is 22.5. The molecule has 0 bridgehead atoms. The van der Waals surface area contributed by atoms with Gasteiger partial charge in [-0.2, -0.15) is 0 Å². The average molecular weight is 1650 g/mol. The van der Waals surface area contributed by atoms with Gasteiger partial charge in [-0.1, -0.05) is 329 Å². The normalized spacial score (nSPS) is 25.4. The molecule has 2 heterocycles. The number of rotatable bonds is 74. The topological polar surface area (TPSA) is 380 Å². The summed E-state index contributed by atoms with van der Waals surface area (Å²) in [5, 5.41) is 102. The monoisotopic (exact) mass is 1650 g/mol. The Morgan fingerprint density at radius 1 is 0.342 bits per heavy atom. The first-order valence-corrected chi connectivity index (χ1v) is 47.4. The number of aliphatic hydroxyl groups excluding tert-OH is 9. The standard InChI is InChI=1S/C88H163O25P/c1-5-9-13-17-21-25-29-33-34-35-39-41-45-49-53-57-61-72(91)105-67-70-76(95)78(97)82(101)88(109-70)112-85-83(110-74(93)63-59-55-51-47-43-38-32-28-24-20-16-12-8-4)79(98)80(99)84(111-87-81(100)77(96)75(94)69(64-89)108-87)86(85)113-114(102,103)106-66-68(107-73(92)62-58-54-50-46-42-37-31-27-23-19-15-11-7-3)65-104-71(90)60-56-52-48-44-40-36-30-26-22-18-14-10-6-2/h36,40,68-70,75-89,94-101H,5-35,37-39,41-67H2,1-4H3,(H,102,103)/b40-36-. The minimum absolute atomic E-state index is 0.0165. The Morgan fingerprint density at radius 3 is 1.05 bits per heavy atom. The first-order valence-electron chi connectivity index (χ1n) is 45.9. The Balaban J connectivity index is 1.92. The molecule has 3 aliphatic rings. The minimum atomic E-state index is -5.80. The summed E-state index contributed by atoms with van der Waals surface area (Å²) in [6, 6.07) is 0. The molecule has 26 heteroatoms. The van der Waals surface area contributed by atoms with Gasteiger partial charge >= 0.3 is 31.7 Å². The minimum Gasteiger partial charge on any atom is -0.463 e. The number of aliphatic hydroxyl groups is 9. The zero-order chi connectivity index (χ0) is 83.2. The Labute approximate surface area is 686 Å². The predicted molar refractivity (Wildman–Crippen MR) is 440 cm³/mol. The van der Waals surface area contributed by atoms with Gasteiger partial charge in [-0.3, -0.25) is 28.2 Å². The van der Waals surface area contributed by atoms with E-state index < -0.39 is 162 Å². The first kappa shape index (κ1) is 105. The van der Waals surface area contributed by atoms with E-state index in [0.29, 0.717) is 32.1 Å². The second-order valence-electron chi connectivity index (χ2n) is 32.8. The molecule has 2 saturated heterocycles. The van der Waals surface area contributed by atoms with Crippen LogP contribution in [-0.2, 0) is 70.7 Å². The van der Waals surface area contributed by atoms with Gasteiger partial charge in [-0.25, -0.2) is 4.57 Å². The highest BCUT2D eigenvalue weighted by Crippen LogP contribution is 2.49. The van der Waals surface area contributed by atoms with Crippen molar-refractivity contribution in [3.63, 3.8) is 0 Å². The molecule has 1 aliphatic carbocycles. The van der Waals surface area contributed by atoms with E-state index in [0.717, 1.165) is 128 Å². The number of esters is 4. The van der Waals surface area contributed by atoms with Gasteiger partial charge < -0.3 is 88.7 Å². The molecule has 1 saturated carbocycles. The van der Waals surface area contributed by atoms with Gasteiger partial charge in [0.25, 0.3) is 0 Å². The van der Waals surface area contributed by atoms with Crippen molar-refractivity contribution >= 4 is 31.7 Å². The van der Waals surface area contributed by atoms with Crippen molar-refractivity contribution in [1.82, 2.24) is 0 Å². The second kappa shape index (κ2) is 67.8. The largest absolute Gasteiger partial charge is 0.472 e. The summed E-state index contributed by atoms with van der Waals surface area (Å²) in [7, 11) is -5.80. The third kappa shape index (κ3) is 48.0. The van der Waals surface area contributed by atoms with Gasteiger partial charge in [0.2, 0.25) is 0 Å². The molecule has 18 unspecified atom stereocenters. The summed E-state index contributed by atoms with van der Waals surface area (Å²) in [4.78, 5) is 66.3. The Bertz CT molecular complexity index is 2430. The number of ether oxygens (including phenoxy) is 8. The van der Waals surface area contributed by atoms with Crippen LogP contribution in [0.2, 0.25) is 0 Å². The Hall–Kier alpha value is -2.79. The fraction of sp³-hybridized carbons (Fsp3) is 0.932. The van der Waals surface area contributed by atoms with Gasteiger partial charge in [0, 0.05) is 25.7 Å². The van der Waals surface area contributed by atoms with Crippen LogP contribution in [-0.4, -0.2) is 205 Å². The molecule has 0 spiro atoms. The van der Waals surface area contributed by atoms with Gasteiger partial charge in [-0.15, -0.1) is 0 Å². The Morgan fingerprint density at radius 2 is 0.658 bits per heavy atom. The number of phosphoric ester groups is 1. The fourth-order valence-electron chi connectivity index (χ4n) is 15.2. The molecule has 114 heavy (non-hydrogen) atoms. The number of hydrogen-bond acceptors (Lipinski definition) is 24. The molecule has 10 N–H and O–H groups in total. The highest BCUT2D eigenvalue weighted by molar-refractivity contribution is 7.47. The van der Waals surface area contributed by atoms with E-state index >= 15 is 0 Å². The van der Waals surface area contributed by atoms with Gasteiger partial charge in [0.1, 0.15) is 92.6 Å². The van der Waals surface area contributed by atoms with Crippen LogP contribution < -0.4 is 0 Å². The van der Waals surface area contributed by atoms with E-state index in [2.05, 4.69) is 39.8 Å². The molecule has 2 aliphatic heterocycles. The maximum Gasteiger partial charge on any atom is 0.472 e. The van der Waals surface area contributed by atoms with Crippen LogP contribution in [0, 0.1) is 0 Å². The van der Waals surface area contributed by atoms with Crippen molar-refractivity contribution in [1.29, 1.82) is 0 Å². The lowest BCUT2D eigenvalue weighted by atomic mass is 9.84.